The Kier molecular flexibility index (Phi) is 11.7. The Morgan fingerprint density at radius 1 is 1.09 bits per heavy atom. The van der Waals surface area contributed by atoms with Crippen LogP contribution in [0.1, 0.15) is 33.6 Å². The lowest BCUT2D eigenvalue weighted by atomic mass is 10.1. The summed E-state index contributed by atoms with van der Waals surface area (Å²) in [5.74, 6) is 0. The fraction of sp³-hybridized carbons (Fsp3) is 0.800. The molecule has 11 heavy (non-hydrogen) atoms. The molecule has 1 rings (SSSR count). The molecule has 0 radical (unpaired) electrons. The lowest BCUT2D eigenvalue weighted by molar-refractivity contribution is 0.240. The third-order valence-corrected chi connectivity index (χ3v) is 1.90. The molecule has 1 saturated heterocycles. The van der Waals surface area contributed by atoms with Gasteiger partial charge in [-0.3, -0.25) is 0 Å². The van der Waals surface area contributed by atoms with Crippen LogP contribution in [0.4, 0.5) is 0 Å². The maximum atomic E-state index is 3.00. The molecule has 1 fully saturated rings. The summed E-state index contributed by atoms with van der Waals surface area (Å²) in [7, 11) is 0. The molecule has 1 heteroatoms. The molecular weight excluding hydrogens is 134 g/mol. The Balaban J connectivity index is 0. The molecule has 0 aliphatic carbocycles. The van der Waals surface area contributed by atoms with Gasteiger partial charge >= 0.3 is 0 Å². The van der Waals surface area contributed by atoms with E-state index in [2.05, 4.69) is 25.0 Å². The van der Waals surface area contributed by atoms with E-state index in [4.69, 9.17) is 0 Å². The maximum absolute atomic E-state index is 3.00. The van der Waals surface area contributed by atoms with Gasteiger partial charge in [-0.1, -0.05) is 20.8 Å². The van der Waals surface area contributed by atoms with Crippen molar-refractivity contribution in [2.45, 2.75) is 33.6 Å². The average molecular weight is 157 g/mol. The van der Waals surface area contributed by atoms with E-state index < -0.39 is 0 Å². The lowest BCUT2D eigenvalue weighted by Crippen LogP contribution is -2.29. The second-order valence-corrected chi connectivity index (χ2v) is 2.49. The van der Waals surface area contributed by atoms with Crippen LogP contribution in [0.2, 0.25) is 0 Å². The van der Waals surface area contributed by atoms with Crippen molar-refractivity contribution in [2.75, 3.05) is 19.6 Å². The van der Waals surface area contributed by atoms with Crippen molar-refractivity contribution in [3.05, 3.63) is 13.2 Å². The van der Waals surface area contributed by atoms with Crippen molar-refractivity contribution in [2.24, 2.45) is 0 Å². The highest BCUT2D eigenvalue weighted by Crippen LogP contribution is 2.06. The van der Waals surface area contributed by atoms with E-state index in [9.17, 15) is 0 Å². The summed E-state index contributed by atoms with van der Waals surface area (Å²) >= 11 is 0. The fourth-order valence-corrected chi connectivity index (χ4v) is 1.28. The van der Waals surface area contributed by atoms with Gasteiger partial charge in [-0.25, -0.2) is 0 Å². The molecule has 1 aliphatic heterocycles. The largest absolute Gasteiger partial charge is 0.304 e. The second kappa shape index (κ2) is 9.70. The van der Waals surface area contributed by atoms with Crippen LogP contribution in [0.3, 0.4) is 0 Å². The Morgan fingerprint density at radius 2 is 1.55 bits per heavy atom. The summed E-state index contributed by atoms with van der Waals surface area (Å²) in [5, 5.41) is 0. The SMILES string of the molecule is C.C=C.CCN1CCCCC1. The molecule has 0 amide bonds. The first-order valence-electron chi connectivity index (χ1n) is 4.16. The molecule has 0 aromatic carbocycles. The predicted molar refractivity (Wildman–Crippen MR) is 54.0 cm³/mol. The van der Waals surface area contributed by atoms with Crippen molar-refractivity contribution in [3.8, 4) is 0 Å². The number of hydrogen-bond acceptors (Lipinski definition) is 1. The minimum atomic E-state index is 0. The van der Waals surface area contributed by atoms with Crippen molar-refractivity contribution in [1.82, 2.24) is 4.90 Å². The highest BCUT2D eigenvalue weighted by atomic mass is 15.1. The maximum Gasteiger partial charge on any atom is -0.00188 e. The Morgan fingerprint density at radius 3 is 1.82 bits per heavy atom. The average Bonchev–Trinajstić information content (AvgIpc) is 2.10. The highest BCUT2D eigenvalue weighted by Gasteiger charge is 2.05. The van der Waals surface area contributed by atoms with Gasteiger partial charge in [0.1, 0.15) is 0 Å². The quantitative estimate of drug-likeness (QED) is 0.529. The summed E-state index contributed by atoms with van der Waals surface area (Å²) in [5.41, 5.74) is 0. The van der Waals surface area contributed by atoms with E-state index in [0.717, 1.165) is 0 Å². The molecule has 1 aliphatic rings. The number of nitrogens with zero attached hydrogens (tertiary/aromatic N) is 1. The van der Waals surface area contributed by atoms with Crippen molar-refractivity contribution in [1.29, 1.82) is 0 Å². The third kappa shape index (κ3) is 6.11. The number of likely N-dealkylation sites (tertiary alicyclic amines) is 1. The Labute approximate surface area is 72.1 Å². The van der Waals surface area contributed by atoms with Crippen LogP contribution in [-0.4, -0.2) is 24.5 Å². The Hall–Kier alpha value is -0.300. The number of piperidine rings is 1. The van der Waals surface area contributed by atoms with Crippen LogP contribution in [0.15, 0.2) is 13.2 Å². The van der Waals surface area contributed by atoms with Gasteiger partial charge < -0.3 is 4.90 Å². The van der Waals surface area contributed by atoms with Crippen LogP contribution in [0, 0.1) is 0 Å². The summed E-state index contributed by atoms with van der Waals surface area (Å²) in [6, 6.07) is 0. The summed E-state index contributed by atoms with van der Waals surface area (Å²) < 4.78 is 0. The first-order valence-corrected chi connectivity index (χ1v) is 4.16. The monoisotopic (exact) mass is 157 g/mol. The molecule has 0 atom stereocenters. The molecule has 0 bridgehead atoms. The molecule has 0 unspecified atom stereocenters. The summed E-state index contributed by atoms with van der Waals surface area (Å²) in [4.78, 5) is 2.52. The van der Waals surface area contributed by atoms with Crippen molar-refractivity contribution in [3.63, 3.8) is 0 Å². The van der Waals surface area contributed by atoms with Gasteiger partial charge in [-0.05, 0) is 32.5 Å². The molecular formula is C10H23N. The minimum absolute atomic E-state index is 0. The number of hydrogen-bond donors (Lipinski definition) is 0. The third-order valence-electron chi connectivity index (χ3n) is 1.90. The van der Waals surface area contributed by atoms with Gasteiger partial charge in [0.2, 0.25) is 0 Å². The van der Waals surface area contributed by atoms with Crippen LogP contribution in [0.25, 0.3) is 0 Å². The van der Waals surface area contributed by atoms with E-state index in [1.807, 2.05) is 0 Å². The molecule has 0 aromatic rings. The van der Waals surface area contributed by atoms with Crippen LogP contribution >= 0.6 is 0 Å². The molecule has 0 spiro atoms. The van der Waals surface area contributed by atoms with Crippen molar-refractivity contribution < 1.29 is 0 Å². The van der Waals surface area contributed by atoms with Gasteiger partial charge in [0, 0.05) is 0 Å². The highest BCUT2D eigenvalue weighted by molar-refractivity contribution is 4.61. The fourth-order valence-electron chi connectivity index (χ4n) is 1.28. The molecule has 1 nitrogen and oxygen atoms in total. The van der Waals surface area contributed by atoms with E-state index in [1.165, 1.54) is 38.9 Å². The molecule has 0 N–H and O–H groups in total. The number of rotatable bonds is 1. The van der Waals surface area contributed by atoms with Gasteiger partial charge in [0.05, 0.1) is 0 Å². The van der Waals surface area contributed by atoms with E-state index in [0.29, 0.717) is 0 Å². The van der Waals surface area contributed by atoms with Crippen LogP contribution in [0.5, 0.6) is 0 Å². The molecule has 0 saturated carbocycles. The standard InChI is InChI=1S/C7H15N.C2H4.CH4/c1-2-8-6-4-3-5-7-8;1-2;/h2-7H2,1H3;1-2H2;1H4. The summed E-state index contributed by atoms with van der Waals surface area (Å²) in [6.07, 6.45) is 4.30. The smallest absolute Gasteiger partial charge is 0.00188 e. The van der Waals surface area contributed by atoms with Gasteiger partial charge in [0.25, 0.3) is 0 Å². The summed E-state index contributed by atoms with van der Waals surface area (Å²) in [6.45, 7) is 12.2. The van der Waals surface area contributed by atoms with Gasteiger partial charge in [-0.2, -0.15) is 0 Å². The zero-order valence-electron chi connectivity index (χ0n) is 7.10. The van der Waals surface area contributed by atoms with Crippen LogP contribution < -0.4 is 0 Å². The van der Waals surface area contributed by atoms with E-state index >= 15 is 0 Å². The normalized spacial score (nSPS) is 17.5. The zero-order valence-corrected chi connectivity index (χ0v) is 7.10. The van der Waals surface area contributed by atoms with Crippen LogP contribution in [-0.2, 0) is 0 Å². The topological polar surface area (TPSA) is 3.24 Å². The lowest BCUT2D eigenvalue weighted by Gasteiger charge is -2.24. The minimum Gasteiger partial charge on any atom is -0.304 e. The second-order valence-electron chi connectivity index (χ2n) is 2.49. The van der Waals surface area contributed by atoms with Gasteiger partial charge in [-0.15, -0.1) is 13.2 Å². The Bertz CT molecular complexity index is 65.3. The van der Waals surface area contributed by atoms with E-state index in [-0.39, 0.29) is 7.43 Å². The first-order chi connectivity index (χ1) is 4.93. The molecule has 0 aromatic heterocycles. The first kappa shape index (κ1) is 13.3. The van der Waals surface area contributed by atoms with Gasteiger partial charge in [0.15, 0.2) is 0 Å². The predicted octanol–water partition coefficient (Wildman–Crippen LogP) is 2.93. The van der Waals surface area contributed by atoms with E-state index in [1.54, 1.807) is 0 Å². The molecule has 68 valence electrons. The molecule has 1 heterocycles. The zero-order chi connectivity index (χ0) is 7.82. The van der Waals surface area contributed by atoms with Crippen molar-refractivity contribution >= 4 is 0 Å².